The highest BCUT2D eigenvalue weighted by atomic mass is 32.2. The Morgan fingerprint density at radius 2 is 1.85 bits per heavy atom. The molecule has 0 N–H and O–H groups in total. The normalized spacial score (nSPS) is 15.6. The summed E-state index contributed by atoms with van der Waals surface area (Å²) in [5, 5.41) is 0.961. The zero-order valence-electron chi connectivity index (χ0n) is 18.3. The Balaban J connectivity index is 1.42. The molecule has 7 heteroatoms. The first-order chi connectivity index (χ1) is 16.1. The monoisotopic (exact) mass is 473 g/mol. The molecule has 2 aliphatic rings. The van der Waals surface area contributed by atoms with Crippen LogP contribution in [0.1, 0.15) is 29.3 Å². The minimum absolute atomic E-state index is 0.0285. The Morgan fingerprint density at radius 3 is 2.70 bits per heavy atom. The van der Waals surface area contributed by atoms with Gasteiger partial charge in [0.2, 0.25) is 5.91 Å². The molecular weight excluding hydrogens is 450 g/mol. The number of aryl methyl sites for hydroxylation is 2. The number of hydrogen-bond donors (Lipinski definition) is 0. The molecule has 0 bridgehead atoms. The number of amides is 1. The van der Waals surface area contributed by atoms with E-state index in [1.54, 1.807) is 15.9 Å². The van der Waals surface area contributed by atoms with E-state index in [0.29, 0.717) is 11.7 Å². The molecule has 2 aromatic heterocycles. The first kappa shape index (κ1) is 20.7. The van der Waals surface area contributed by atoms with Crippen molar-refractivity contribution in [1.82, 2.24) is 9.55 Å². The molecule has 33 heavy (non-hydrogen) atoms. The number of nitrogens with zero attached hydrogens (tertiary/aromatic N) is 3. The van der Waals surface area contributed by atoms with Gasteiger partial charge in [-0.25, -0.2) is 4.98 Å². The van der Waals surface area contributed by atoms with Gasteiger partial charge in [0.25, 0.3) is 5.56 Å². The minimum Gasteiger partial charge on any atom is -0.311 e. The summed E-state index contributed by atoms with van der Waals surface area (Å²) in [4.78, 5) is 36.1. The lowest BCUT2D eigenvalue weighted by Crippen LogP contribution is -2.35. The second-order valence-corrected chi connectivity index (χ2v) is 10.9. The average molecular weight is 474 g/mol. The molecule has 3 heterocycles. The van der Waals surface area contributed by atoms with Crippen LogP contribution in [0.25, 0.3) is 15.9 Å². The van der Waals surface area contributed by atoms with E-state index in [1.807, 2.05) is 60.4 Å². The molecule has 0 saturated heterocycles. The van der Waals surface area contributed by atoms with Gasteiger partial charge < -0.3 is 4.90 Å². The van der Waals surface area contributed by atoms with Gasteiger partial charge in [-0.1, -0.05) is 48.2 Å². The number of para-hydroxylation sites is 2. The summed E-state index contributed by atoms with van der Waals surface area (Å²) in [7, 11) is 0. The second kappa shape index (κ2) is 8.15. The van der Waals surface area contributed by atoms with Gasteiger partial charge in [-0.05, 0) is 61.9 Å². The predicted octanol–water partition coefficient (Wildman–Crippen LogP) is 5.01. The lowest BCUT2D eigenvalue weighted by atomic mass is 10.2. The molecule has 0 spiro atoms. The quantitative estimate of drug-likeness (QED) is 0.309. The second-order valence-electron chi connectivity index (χ2n) is 8.54. The van der Waals surface area contributed by atoms with Gasteiger partial charge in [0, 0.05) is 17.1 Å². The van der Waals surface area contributed by atoms with Crippen molar-refractivity contribution in [3.8, 4) is 5.69 Å². The Kier molecular flexibility index (Phi) is 5.11. The van der Waals surface area contributed by atoms with E-state index in [0.717, 1.165) is 47.3 Å². The number of benzene rings is 2. The van der Waals surface area contributed by atoms with Crippen molar-refractivity contribution in [2.45, 2.75) is 43.0 Å². The van der Waals surface area contributed by atoms with Crippen LogP contribution in [0.2, 0.25) is 0 Å². The van der Waals surface area contributed by atoms with Crippen molar-refractivity contribution >= 4 is 44.9 Å². The smallest absolute Gasteiger partial charge is 0.267 e. The fraction of sp³-hybridized carbons (Fsp3) is 0.269. The number of fused-ring (bicyclic) bond motifs is 4. The lowest BCUT2D eigenvalue weighted by Gasteiger charge is -2.22. The SMILES string of the molecule is C[C@@H](Sc1nc2sc3c(c2c(=O)n1-c1ccccc1)CCC3)C(=O)N1CCc2ccccc21. The third-order valence-electron chi connectivity index (χ3n) is 6.51. The third-order valence-corrected chi connectivity index (χ3v) is 8.73. The molecule has 166 valence electrons. The highest BCUT2D eigenvalue weighted by Gasteiger charge is 2.30. The first-order valence-electron chi connectivity index (χ1n) is 11.3. The maximum atomic E-state index is 13.8. The minimum atomic E-state index is -0.373. The molecule has 1 aliphatic heterocycles. The molecule has 1 atom stereocenters. The molecule has 2 aromatic carbocycles. The standard InChI is InChI=1S/C26H23N3O2S2/c1-16(24(30)28-15-14-17-8-5-6-12-20(17)28)32-26-27-23-22(19-11-7-13-21(19)33-23)25(31)29(26)18-9-3-2-4-10-18/h2-6,8-10,12,16H,7,11,13-15H2,1H3/t16-/m1/s1. The van der Waals surface area contributed by atoms with Crippen LogP contribution in [0.5, 0.6) is 0 Å². The van der Waals surface area contributed by atoms with Crippen LogP contribution in [0, 0.1) is 0 Å². The van der Waals surface area contributed by atoms with Crippen LogP contribution >= 0.6 is 23.1 Å². The fourth-order valence-corrected chi connectivity index (χ4v) is 7.20. The molecule has 1 aliphatic carbocycles. The van der Waals surface area contributed by atoms with Crippen LogP contribution in [-0.4, -0.2) is 27.3 Å². The van der Waals surface area contributed by atoms with Crippen molar-refractivity contribution in [1.29, 1.82) is 0 Å². The summed E-state index contributed by atoms with van der Waals surface area (Å²) in [6.45, 7) is 2.60. The van der Waals surface area contributed by atoms with Crippen molar-refractivity contribution in [3.63, 3.8) is 0 Å². The van der Waals surface area contributed by atoms with Gasteiger partial charge in [-0.2, -0.15) is 0 Å². The molecule has 1 amide bonds. The Morgan fingerprint density at radius 1 is 1.06 bits per heavy atom. The predicted molar refractivity (Wildman–Crippen MR) is 135 cm³/mol. The van der Waals surface area contributed by atoms with E-state index in [2.05, 4.69) is 6.07 Å². The van der Waals surface area contributed by atoms with Gasteiger partial charge in [0.1, 0.15) is 4.83 Å². The third kappa shape index (κ3) is 3.42. The Labute approximate surface area is 200 Å². The Bertz CT molecular complexity index is 1440. The largest absolute Gasteiger partial charge is 0.311 e. The number of thioether (sulfide) groups is 1. The van der Waals surface area contributed by atoms with Gasteiger partial charge in [-0.3, -0.25) is 14.2 Å². The van der Waals surface area contributed by atoms with E-state index in [1.165, 1.54) is 27.8 Å². The van der Waals surface area contributed by atoms with Crippen LogP contribution < -0.4 is 10.5 Å². The van der Waals surface area contributed by atoms with Gasteiger partial charge in [0.05, 0.1) is 16.3 Å². The highest BCUT2D eigenvalue weighted by molar-refractivity contribution is 8.00. The van der Waals surface area contributed by atoms with Crippen molar-refractivity contribution < 1.29 is 4.79 Å². The summed E-state index contributed by atoms with van der Waals surface area (Å²) in [6, 6.07) is 17.7. The number of rotatable bonds is 4. The van der Waals surface area contributed by atoms with Crippen molar-refractivity contribution in [3.05, 3.63) is 81.0 Å². The number of carbonyl (C=O) groups is 1. The van der Waals surface area contributed by atoms with Gasteiger partial charge in [0.15, 0.2) is 5.16 Å². The molecule has 4 aromatic rings. The van der Waals surface area contributed by atoms with Gasteiger partial charge in [-0.15, -0.1) is 11.3 Å². The number of carbonyl (C=O) groups excluding carboxylic acids is 1. The Hall–Kier alpha value is -2.90. The van der Waals surface area contributed by atoms with Gasteiger partial charge >= 0.3 is 0 Å². The molecule has 0 saturated carbocycles. The molecule has 0 radical (unpaired) electrons. The zero-order valence-corrected chi connectivity index (χ0v) is 19.9. The first-order valence-corrected chi connectivity index (χ1v) is 13.0. The summed E-state index contributed by atoms with van der Waals surface area (Å²) in [5.74, 6) is 0.0487. The van der Waals surface area contributed by atoms with E-state index in [9.17, 15) is 9.59 Å². The van der Waals surface area contributed by atoms with Crippen molar-refractivity contribution in [2.75, 3.05) is 11.4 Å². The maximum Gasteiger partial charge on any atom is 0.267 e. The number of hydrogen-bond acceptors (Lipinski definition) is 5. The van der Waals surface area contributed by atoms with E-state index in [-0.39, 0.29) is 16.7 Å². The van der Waals surface area contributed by atoms with Crippen LogP contribution in [0.15, 0.2) is 64.5 Å². The van der Waals surface area contributed by atoms with Crippen molar-refractivity contribution in [2.24, 2.45) is 0 Å². The lowest BCUT2D eigenvalue weighted by molar-refractivity contribution is -0.117. The van der Waals surface area contributed by atoms with E-state index in [4.69, 9.17) is 4.98 Å². The molecule has 6 rings (SSSR count). The average Bonchev–Trinajstić information content (AvgIpc) is 3.53. The summed E-state index contributed by atoms with van der Waals surface area (Å²) < 4.78 is 1.69. The molecular formula is C26H23N3O2S2. The van der Waals surface area contributed by atoms with E-state index >= 15 is 0 Å². The summed E-state index contributed by atoms with van der Waals surface area (Å²) >= 11 is 3.01. The number of aromatic nitrogens is 2. The number of anilines is 1. The molecule has 0 unspecified atom stereocenters. The zero-order chi connectivity index (χ0) is 22.5. The summed E-state index contributed by atoms with van der Waals surface area (Å²) in [5.41, 5.74) is 4.12. The molecule has 0 fully saturated rings. The topological polar surface area (TPSA) is 55.2 Å². The fourth-order valence-electron chi connectivity index (χ4n) is 4.90. The van der Waals surface area contributed by atoms with Crippen LogP contribution in [-0.2, 0) is 24.1 Å². The number of thiophene rings is 1. The van der Waals surface area contributed by atoms with Crippen LogP contribution in [0.3, 0.4) is 0 Å². The van der Waals surface area contributed by atoms with Crippen LogP contribution in [0.4, 0.5) is 5.69 Å². The maximum absolute atomic E-state index is 13.8. The summed E-state index contributed by atoms with van der Waals surface area (Å²) in [6.07, 6.45) is 3.93. The van der Waals surface area contributed by atoms with E-state index < -0.39 is 0 Å². The molecule has 5 nitrogen and oxygen atoms in total. The highest BCUT2D eigenvalue weighted by Crippen LogP contribution is 2.37.